The molecule has 0 aliphatic carbocycles. The van der Waals surface area contributed by atoms with Crippen molar-refractivity contribution in [2.24, 2.45) is 0 Å². The summed E-state index contributed by atoms with van der Waals surface area (Å²) in [4.78, 5) is 15.7. The standard InChI is InChI=1S/C11H10N2O2S/c1-15-8-2-3-10-9(6-8)13-5-4-12(7-14)11(13)16-10/h2-7,11H,1H3. The van der Waals surface area contributed by atoms with Gasteiger partial charge in [-0.3, -0.25) is 9.69 Å². The Hall–Kier alpha value is -1.62. The average molecular weight is 234 g/mol. The van der Waals surface area contributed by atoms with Crippen molar-refractivity contribution in [2.75, 3.05) is 12.0 Å². The van der Waals surface area contributed by atoms with Gasteiger partial charge in [0.05, 0.1) is 12.8 Å². The number of hydrogen-bond acceptors (Lipinski definition) is 4. The monoisotopic (exact) mass is 234 g/mol. The first kappa shape index (κ1) is 9.59. The van der Waals surface area contributed by atoms with Crippen LogP contribution < -0.4 is 9.64 Å². The van der Waals surface area contributed by atoms with Crippen LogP contribution in [0.15, 0.2) is 35.5 Å². The van der Waals surface area contributed by atoms with Gasteiger partial charge in [0.15, 0.2) is 5.50 Å². The van der Waals surface area contributed by atoms with E-state index in [4.69, 9.17) is 4.74 Å². The van der Waals surface area contributed by atoms with Crippen LogP contribution in [-0.4, -0.2) is 23.9 Å². The summed E-state index contributed by atoms with van der Waals surface area (Å²) < 4.78 is 5.20. The van der Waals surface area contributed by atoms with Crippen LogP contribution >= 0.6 is 11.8 Å². The van der Waals surface area contributed by atoms with E-state index in [1.54, 1.807) is 30.0 Å². The van der Waals surface area contributed by atoms with E-state index in [0.29, 0.717) is 0 Å². The van der Waals surface area contributed by atoms with Crippen molar-refractivity contribution in [3.8, 4) is 5.75 Å². The number of anilines is 1. The highest BCUT2D eigenvalue weighted by atomic mass is 32.2. The molecule has 1 unspecified atom stereocenters. The second-order valence-corrected chi connectivity index (χ2v) is 4.63. The van der Waals surface area contributed by atoms with Crippen LogP contribution in [0.2, 0.25) is 0 Å². The molecule has 0 bridgehead atoms. The molecule has 1 atom stereocenters. The van der Waals surface area contributed by atoms with Gasteiger partial charge in [0.2, 0.25) is 6.41 Å². The molecule has 0 radical (unpaired) electrons. The molecule has 0 spiro atoms. The summed E-state index contributed by atoms with van der Waals surface area (Å²) in [5.74, 6) is 0.831. The van der Waals surface area contributed by atoms with Gasteiger partial charge in [-0.2, -0.15) is 0 Å². The number of benzene rings is 1. The number of hydrogen-bond donors (Lipinski definition) is 0. The number of ether oxygens (including phenoxy) is 1. The Morgan fingerprint density at radius 1 is 1.44 bits per heavy atom. The fourth-order valence-electron chi connectivity index (χ4n) is 1.88. The lowest BCUT2D eigenvalue weighted by molar-refractivity contribution is -0.115. The second kappa shape index (κ2) is 3.45. The number of nitrogens with zero attached hydrogens (tertiary/aromatic N) is 2. The highest BCUT2D eigenvalue weighted by molar-refractivity contribution is 8.00. The second-order valence-electron chi connectivity index (χ2n) is 3.54. The van der Waals surface area contributed by atoms with E-state index in [2.05, 4.69) is 4.90 Å². The van der Waals surface area contributed by atoms with Gasteiger partial charge in [0, 0.05) is 23.4 Å². The molecule has 3 rings (SSSR count). The lowest BCUT2D eigenvalue weighted by Crippen LogP contribution is -2.31. The maximum absolute atomic E-state index is 10.8. The Balaban J connectivity index is 2.01. The summed E-state index contributed by atoms with van der Waals surface area (Å²) in [5.41, 5.74) is 1.12. The van der Waals surface area contributed by atoms with Crippen molar-refractivity contribution in [3.05, 3.63) is 30.6 Å². The molecule has 1 aromatic rings. The molecule has 82 valence electrons. The number of methoxy groups -OCH3 is 1. The zero-order chi connectivity index (χ0) is 11.1. The van der Waals surface area contributed by atoms with E-state index in [9.17, 15) is 4.79 Å². The summed E-state index contributed by atoms with van der Waals surface area (Å²) in [7, 11) is 1.65. The quantitative estimate of drug-likeness (QED) is 0.731. The highest BCUT2D eigenvalue weighted by Crippen LogP contribution is 2.47. The van der Waals surface area contributed by atoms with Crippen molar-refractivity contribution in [3.63, 3.8) is 0 Å². The number of rotatable bonds is 2. The number of carbonyl (C=O) groups is 1. The summed E-state index contributed by atoms with van der Waals surface area (Å²) in [6, 6.07) is 5.94. The van der Waals surface area contributed by atoms with Crippen LogP contribution in [0.4, 0.5) is 5.69 Å². The fraction of sp³-hybridized carbons (Fsp3) is 0.182. The maximum Gasteiger partial charge on any atom is 0.216 e. The zero-order valence-corrected chi connectivity index (χ0v) is 9.48. The van der Waals surface area contributed by atoms with Crippen LogP contribution in [0.1, 0.15) is 0 Å². The molecule has 0 fully saturated rings. The van der Waals surface area contributed by atoms with E-state index in [1.165, 1.54) is 4.90 Å². The molecule has 4 nitrogen and oxygen atoms in total. The zero-order valence-electron chi connectivity index (χ0n) is 8.66. The van der Waals surface area contributed by atoms with E-state index >= 15 is 0 Å². The molecule has 0 saturated heterocycles. The Labute approximate surface area is 97.5 Å². The molecule has 1 amide bonds. The Morgan fingerprint density at radius 2 is 2.31 bits per heavy atom. The van der Waals surface area contributed by atoms with E-state index in [0.717, 1.165) is 17.8 Å². The van der Waals surface area contributed by atoms with Gasteiger partial charge in [-0.25, -0.2) is 0 Å². The van der Waals surface area contributed by atoms with Gasteiger partial charge in [0.25, 0.3) is 0 Å². The first-order chi connectivity index (χ1) is 7.83. The van der Waals surface area contributed by atoms with Crippen LogP contribution in [0.25, 0.3) is 0 Å². The molecule has 2 heterocycles. The first-order valence-corrected chi connectivity index (χ1v) is 5.75. The predicted octanol–water partition coefficient (Wildman–Crippen LogP) is 1.83. The van der Waals surface area contributed by atoms with Crippen molar-refractivity contribution < 1.29 is 9.53 Å². The highest BCUT2D eigenvalue weighted by Gasteiger charge is 2.35. The smallest absolute Gasteiger partial charge is 0.216 e. The Kier molecular flexibility index (Phi) is 2.07. The molecule has 0 saturated carbocycles. The normalized spacial score (nSPS) is 20.9. The fourth-order valence-corrected chi connectivity index (χ4v) is 3.08. The Bertz CT molecular complexity index is 475. The average Bonchev–Trinajstić information content (AvgIpc) is 2.86. The SMILES string of the molecule is COc1ccc2c(c1)N1C=CN(C=O)C1S2. The lowest BCUT2D eigenvalue weighted by Gasteiger charge is -2.20. The molecular weight excluding hydrogens is 224 g/mol. The number of fused-ring (bicyclic) bond motifs is 3. The lowest BCUT2D eigenvalue weighted by atomic mass is 10.3. The van der Waals surface area contributed by atoms with Crippen molar-refractivity contribution in [2.45, 2.75) is 10.4 Å². The van der Waals surface area contributed by atoms with Gasteiger partial charge in [-0.1, -0.05) is 11.8 Å². The van der Waals surface area contributed by atoms with Crippen LogP contribution in [0.5, 0.6) is 5.75 Å². The minimum Gasteiger partial charge on any atom is -0.497 e. The largest absolute Gasteiger partial charge is 0.497 e. The first-order valence-electron chi connectivity index (χ1n) is 4.87. The van der Waals surface area contributed by atoms with Gasteiger partial charge in [-0.05, 0) is 12.1 Å². The molecular formula is C11H10N2O2S. The van der Waals surface area contributed by atoms with Crippen LogP contribution in [0, 0.1) is 0 Å². The number of carbonyl (C=O) groups excluding carboxylic acids is 1. The van der Waals surface area contributed by atoms with E-state index in [-0.39, 0.29) is 5.50 Å². The van der Waals surface area contributed by atoms with Crippen molar-refractivity contribution >= 4 is 23.9 Å². The maximum atomic E-state index is 10.8. The van der Waals surface area contributed by atoms with Crippen molar-refractivity contribution in [1.82, 2.24) is 4.90 Å². The predicted molar refractivity (Wildman–Crippen MR) is 62.2 cm³/mol. The van der Waals surface area contributed by atoms with E-state index in [1.807, 2.05) is 24.4 Å². The van der Waals surface area contributed by atoms with Gasteiger partial charge < -0.3 is 9.64 Å². The van der Waals surface area contributed by atoms with E-state index < -0.39 is 0 Å². The molecule has 16 heavy (non-hydrogen) atoms. The van der Waals surface area contributed by atoms with Crippen molar-refractivity contribution in [1.29, 1.82) is 0 Å². The molecule has 0 N–H and O–H groups in total. The van der Waals surface area contributed by atoms with Crippen LogP contribution in [-0.2, 0) is 4.79 Å². The molecule has 0 aromatic heterocycles. The Morgan fingerprint density at radius 3 is 3.06 bits per heavy atom. The summed E-state index contributed by atoms with van der Waals surface area (Å²) in [5, 5.41) is 0. The van der Waals surface area contributed by atoms with Gasteiger partial charge in [-0.15, -0.1) is 0 Å². The minimum absolute atomic E-state index is 0.0274. The third kappa shape index (κ3) is 1.21. The summed E-state index contributed by atoms with van der Waals surface area (Å²) in [6.45, 7) is 0. The third-order valence-corrected chi connectivity index (χ3v) is 3.97. The molecule has 2 aliphatic rings. The molecule has 5 heteroatoms. The molecule has 1 aromatic carbocycles. The minimum atomic E-state index is 0.0274. The molecule has 2 aliphatic heterocycles. The topological polar surface area (TPSA) is 32.8 Å². The summed E-state index contributed by atoms with van der Waals surface area (Å²) in [6.07, 6.45) is 4.54. The third-order valence-electron chi connectivity index (χ3n) is 2.69. The summed E-state index contributed by atoms with van der Waals surface area (Å²) >= 11 is 1.66. The van der Waals surface area contributed by atoms with Gasteiger partial charge in [0.1, 0.15) is 5.75 Å². The number of thioether (sulfide) groups is 1. The van der Waals surface area contributed by atoms with Gasteiger partial charge >= 0.3 is 0 Å². The number of amides is 1. The van der Waals surface area contributed by atoms with Crippen LogP contribution in [0.3, 0.4) is 0 Å².